The molecule has 0 N–H and O–H groups in total. The van der Waals surface area contributed by atoms with Gasteiger partial charge in [0.05, 0.1) is 12.7 Å². The van der Waals surface area contributed by atoms with E-state index in [2.05, 4.69) is 20.9 Å². The molecule has 1 aromatic heterocycles. The molecule has 158 valence electrons. The van der Waals surface area contributed by atoms with Crippen molar-refractivity contribution in [2.75, 3.05) is 50.8 Å². The van der Waals surface area contributed by atoms with Crippen molar-refractivity contribution in [3.63, 3.8) is 0 Å². The van der Waals surface area contributed by atoms with Crippen molar-refractivity contribution in [3.05, 3.63) is 18.3 Å². The van der Waals surface area contributed by atoms with E-state index >= 15 is 0 Å². The van der Waals surface area contributed by atoms with Crippen LogP contribution in [0.2, 0.25) is 0 Å². The van der Waals surface area contributed by atoms with Gasteiger partial charge in [0, 0.05) is 56.9 Å². The molecule has 7 nitrogen and oxygen atoms in total. The first-order valence-electron chi connectivity index (χ1n) is 11.2. The Morgan fingerprint density at radius 1 is 1.21 bits per heavy atom. The summed E-state index contributed by atoms with van der Waals surface area (Å²) in [5.74, 6) is 1.95. The highest BCUT2D eigenvalue weighted by molar-refractivity contribution is 5.69. The third-order valence-electron chi connectivity index (χ3n) is 6.95. The molecule has 4 fully saturated rings. The number of rotatable bonds is 5. The zero-order valence-corrected chi connectivity index (χ0v) is 17.4. The molecule has 1 aromatic rings. The Hall–Kier alpha value is -2.02. The number of amides is 1. The van der Waals surface area contributed by atoms with E-state index in [0.717, 1.165) is 50.8 Å². The lowest BCUT2D eigenvalue weighted by molar-refractivity contribution is -0.00295. The van der Waals surface area contributed by atoms with E-state index in [9.17, 15) is 4.79 Å². The van der Waals surface area contributed by atoms with Crippen LogP contribution < -0.4 is 9.64 Å². The summed E-state index contributed by atoms with van der Waals surface area (Å²) in [5, 5.41) is 0. The molecule has 1 unspecified atom stereocenters. The second-order valence-corrected chi connectivity index (χ2v) is 9.12. The van der Waals surface area contributed by atoms with Gasteiger partial charge in [0.2, 0.25) is 0 Å². The van der Waals surface area contributed by atoms with Crippen LogP contribution in [0.5, 0.6) is 5.75 Å². The molecule has 3 heterocycles. The number of carbonyl (C=O) groups excluding carboxylic acids is 1. The van der Waals surface area contributed by atoms with Crippen LogP contribution in [0.15, 0.2) is 18.3 Å². The van der Waals surface area contributed by atoms with Crippen molar-refractivity contribution >= 4 is 11.9 Å². The smallest absolute Gasteiger partial charge is 0.409 e. The fraction of sp³-hybridized carbons (Fsp3) is 0.727. The van der Waals surface area contributed by atoms with E-state index in [1.54, 1.807) is 0 Å². The third-order valence-corrected chi connectivity index (χ3v) is 6.95. The van der Waals surface area contributed by atoms with Crippen molar-refractivity contribution in [2.45, 2.75) is 51.2 Å². The van der Waals surface area contributed by atoms with Gasteiger partial charge in [0.25, 0.3) is 0 Å². The maximum Gasteiger partial charge on any atom is 0.409 e. The number of hydrogen-bond acceptors (Lipinski definition) is 6. The molecule has 5 rings (SSSR count). The minimum absolute atomic E-state index is 0.144. The van der Waals surface area contributed by atoms with Crippen LogP contribution >= 0.6 is 0 Å². The number of pyridine rings is 1. The van der Waals surface area contributed by atoms with E-state index in [1.807, 2.05) is 24.1 Å². The predicted molar refractivity (Wildman–Crippen MR) is 110 cm³/mol. The quantitative estimate of drug-likeness (QED) is 0.758. The van der Waals surface area contributed by atoms with Gasteiger partial charge in [-0.2, -0.15) is 0 Å². The van der Waals surface area contributed by atoms with Gasteiger partial charge in [0.1, 0.15) is 0 Å². The molecular weight excluding hydrogens is 368 g/mol. The zero-order valence-electron chi connectivity index (χ0n) is 17.4. The average molecular weight is 401 g/mol. The Labute approximate surface area is 172 Å². The number of nitrogens with zero attached hydrogens (tertiary/aromatic N) is 4. The van der Waals surface area contributed by atoms with Gasteiger partial charge in [-0.1, -0.05) is 0 Å². The van der Waals surface area contributed by atoms with Crippen LogP contribution in [0, 0.1) is 5.41 Å². The fourth-order valence-corrected chi connectivity index (χ4v) is 5.26. The van der Waals surface area contributed by atoms with Crippen LogP contribution in [-0.2, 0) is 4.74 Å². The van der Waals surface area contributed by atoms with Gasteiger partial charge in [-0.3, -0.25) is 4.90 Å². The lowest BCUT2D eigenvalue weighted by Gasteiger charge is -2.48. The van der Waals surface area contributed by atoms with Gasteiger partial charge in [-0.05, 0) is 51.2 Å². The predicted octanol–water partition coefficient (Wildman–Crippen LogP) is 2.76. The van der Waals surface area contributed by atoms with Crippen molar-refractivity contribution in [1.29, 1.82) is 0 Å². The second-order valence-electron chi connectivity index (χ2n) is 9.12. The summed E-state index contributed by atoms with van der Waals surface area (Å²) < 4.78 is 11.2. The van der Waals surface area contributed by atoms with Gasteiger partial charge in [0.15, 0.2) is 11.6 Å². The first-order valence-corrected chi connectivity index (χ1v) is 11.2. The molecule has 7 heteroatoms. The van der Waals surface area contributed by atoms with Crippen molar-refractivity contribution in [2.24, 2.45) is 5.41 Å². The molecule has 0 bridgehead atoms. The molecule has 0 radical (unpaired) electrons. The Balaban J connectivity index is 1.13. The molecule has 1 spiro atoms. The SMILES string of the molecule is CCOC(=O)N1CC2(CCC(N3CCN(c4ncccc4OC4CC4)CC3)C2)C1. The highest BCUT2D eigenvalue weighted by Crippen LogP contribution is 2.47. The van der Waals surface area contributed by atoms with Crippen LogP contribution in [-0.4, -0.2) is 78.9 Å². The minimum atomic E-state index is -0.144. The molecular formula is C22H32N4O3. The molecule has 2 saturated carbocycles. The summed E-state index contributed by atoms with van der Waals surface area (Å²) in [7, 11) is 0. The third kappa shape index (κ3) is 3.89. The maximum absolute atomic E-state index is 11.9. The first kappa shape index (κ1) is 19.0. The van der Waals surface area contributed by atoms with Crippen molar-refractivity contribution < 1.29 is 14.3 Å². The Morgan fingerprint density at radius 3 is 2.72 bits per heavy atom. The van der Waals surface area contributed by atoms with E-state index in [4.69, 9.17) is 9.47 Å². The van der Waals surface area contributed by atoms with Crippen LogP contribution in [0.4, 0.5) is 10.6 Å². The van der Waals surface area contributed by atoms with Gasteiger partial charge < -0.3 is 19.3 Å². The van der Waals surface area contributed by atoms with Crippen LogP contribution in [0.3, 0.4) is 0 Å². The number of anilines is 1. The summed E-state index contributed by atoms with van der Waals surface area (Å²) in [5.41, 5.74) is 0.334. The topological polar surface area (TPSA) is 58.1 Å². The van der Waals surface area contributed by atoms with E-state index in [0.29, 0.717) is 24.2 Å². The fourth-order valence-electron chi connectivity index (χ4n) is 5.26. The summed E-state index contributed by atoms with van der Waals surface area (Å²) in [6.07, 6.45) is 8.14. The standard InChI is InChI=1S/C22H32N4O3/c1-2-28-21(27)26-15-22(16-26)8-7-17(14-22)24-10-12-25(13-11-24)20-19(4-3-9-23-20)29-18-5-6-18/h3-4,9,17-18H,2,5-8,10-16H2,1H3. The summed E-state index contributed by atoms with van der Waals surface area (Å²) in [6.45, 7) is 8.20. The maximum atomic E-state index is 11.9. The number of likely N-dealkylation sites (tertiary alicyclic amines) is 1. The van der Waals surface area contributed by atoms with E-state index in [1.165, 1.54) is 32.1 Å². The Bertz CT molecular complexity index is 739. The molecule has 29 heavy (non-hydrogen) atoms. The lowest BCUT2D eigenvalue weighted by Crippen LogP contribution is -2.58. The molecule has 2 saturated heterocycles. The molecule has 1 amide bonds. The summed E-state index contributed by atoms with van der Waals surface area (Å²) in [4.78, 5) is 23.4. The molecule has 1 atom stereocenters. The normalized spacial score (nSPS) is 26.4. The van der Waals surface area contributed by atoms with Gasteiger partial charge in [-0.15, -0.1) is 0 Å². The molecule has 0 aromatic carbocycles. The number of aromatic nitrogens is 1. The highest BCUT2D eigenvalue weighted by atomic mass is 16.6. The molecule has 4 aliphatic rings. The minimum Gasteiger partial charge on any atom is -0.487 e. The highest BCUT2D eigenvalue weighted by Gasteiger charge is 2.51. The Kier molecular flexibility index (Phi) is 5.02. The first-order chi connectivity index (χ1) is 14.2. The average Bonchev–Trinajstić information content (AvgIpc) is 3.41. The zero-order chi connectivity index (χ0) is 19.8. The number of piperazine rings is 1. The molecule has 2 aliphatic carbocycles. The van der Waals surface area contributed by atoms with Crippen molar-refractivity contribution in [1.82, 2.24) is 14.8 Å². The Morgan fingerprint density at radius 2 is 2.00 bits per heavy atom. The number of carbonyl (C=O) groups is 1. The molecule has 2 aliphatic heterocycles. The van der Waals surface area contributed by atoms with Gasteiger partial charge in [-0.25, -0.2) is 9.78 Å². The summed E-state index contributed by atoms with van der Waals surface area (Å²) >= 11 is 0. The van der Waals surface area contributed by atoms with Crippen LogP contribution in [0.25, 0.3) is 0 Å². The van der Waals surface area contributed by atoms with Gasteiger partial charge >= 0.3 is 6.09 Å². The second kappa shape index (κ2) is 7.67. The number of ether oxygens (including phenoxy) is 2. The largest absolute Gasteiger partial charge is 0.487 e. The van der Waals surface area contributed by atoms with E-state index in [-0.39, 0.29) is 6.09 Å². The lowest BCUT2D eigenvalue weighted by atomic mass is 9.78. The monoisotopic (exact) mass is 400 g/mol. The number of hydrogen-bond donors (Lipinski definition) is 0. The van der Waals surface area contributed by atoms with Crippen LogP contribution in [0.1, 0.15) is 39.0 Å². The van der Waals surface area contributed by atoms with Crippen molar-refractivity contribution in [3.8, 4) is 5.75 Å². The van der Waals surface area contributed by atoms with E-state index < -0.39 is 0 Å². The summed E-state index contributed by atoms with van der Waals surface area (Å²) in [6, 6.07) is 4.67.